The molecule has 2 N–H and O–H groups in total. The summed E-state index contributed by atoms with van der Waals surface area (Å²) in [7, 11) is 1.68. The zero-order valence-electron chi connectivity index (χ0n) is 9.66. The second-order valence-corrected chi connectivity index (χ2v) is 6.11. The monoisotopic (exact) mass is 312 g/mol. The van der Waals surface area contributed by atoms with Gasteiger partial charge in [-0.25, -0.2) is 4.98 Å². The zero-order chi connectivity index (χ0) is 12.4. The number of aryl methyl sites for hydroxylation is 1. The number of benzene rings is 1. The van der Waals surface area contributed by atoms with Crippen LogP contribution < -0.4 is 10.5 Å². The first kappa shape index (κ1) is 12.4. The fourth-order valence-corrected chi connectivity index (χ4v) is 2.99. The Morgan fingerprint density at radius 3 is 2.82 bits per heavy atom. The number of nitrogens with zero attached hydrogens (tertiary/aromatic N) is 1. The van der Waals surface area contributed by atoms with Crippen molar-refractivity contribution in [1.82, 2.24) is 4.98 Å². The standard InChI is InChI=1S/C12H13BrN2OS/c1-7-3-4-10(16-2)8(5-7)6-9-11(13)17-12(14)15-9/h3-5H,6H2,1-2H3,(H2,14,15). The number of ether oxygens (including phenoxy) is 1. The molecule has 17 heavy (non-hydrogen) atoms. The Bertz CT molecular complexity index is 539. The number of halogens is 1. The number of methoxy groups -OCH3 is 1. The molecule has 0 aliphatic rings. The SMILES string of the molecule is COc1ccc(C)cc1Cc1nc(N)sc1Br. The van der Waals surface area contributed by atoms with Crippen molar-refractivity contribution < 1.29 is 4.74 Å². The van der Waals surface area contributed by atoms with E-state index in [9.17, 15) is 0 Å². The minimum atomic E-state index is 0.582. The molecule has 2 aromatic rings. The van der Waals surface area contributed by atoms with Crippen LogP contribution in [0.3, 0.4) is 0 Å². The van der Waals surface area contributed by atoms with Gasteiger partial charge in [0.1, 0.15) is 5.75 Å². The summed E-state index contributed by atoms with van der Waals surface area (Å²) in [5, 5.41) is 0.582. The molecule has 3 nitrogen and oxygen atoms in total. The fourth-order valence-electron chi connectivity index (χ4n) is 1.69. The smallest absolute Gasteiger partial charge is 0.181 e. The predicted octanol–water partition coefficient (Wildman–Crippen LogP) is 3.40. The number of hydrogen-bond acceptors (Lipinski definition) is 4. The molecule has 0 radical (unpaired) electrons. The van der Waals surface area contributed by atoms with Crippen LogP contribution in [-0.2, 0) is 6.42 Å². The van der Waals surface area contributed by atoms with Gasteiger partial charge in [-0.2, -0.15) is 0 Å². The van der Waals surface area contributed by atoms with Crippen molar-refractivity contribution in [3.05, 3.63) is 38.8 Å². The van der Waals surface area contributed by atoms with E-state index >= 15 is 0 Å². The highest BCUT2D eigenvalue weighted by Gasteiger charge is 2.11. The van der Waals surface area contributed by atoms with Crippen molar-refractivity contribution in [2.75, 3.05) is 12.8 Å². The molecule has 0 bridgehead atoms. The van der Waals surface area contributed by atoms with Crippen LogP contribution in [0.25, 0.3) is 0 Å². The van der Waals surface area contributed by atoms with Crippen molar-refractivity contribution in [3.63, 3.8) is 0 Å². The van der Waals surface area contributed by atoms with Crippen LogP contribution in [0.4, 0.5) is 5.13 Å². The number of anilines is 1. The minimum Gasteiger partial charge on any atom is -0.496 e. The lowest BCUT2D eigenvalue weighted by atomic mass is 10.1. The highest BCUT2D eigenvalue weighted by atomic mass is 79.9. The summed E-state index contributed by atoms with van der Waals surface area (Å²) < 4.78 is 6.33. The maximum Gasteiger partial charge on any atom is 0.181 e. The molecule has 90 valence electrons. The van der Waals surface area contributed by atoms with E-state index in [1.165, 1.54) is 16.9 Å². The van der Waals surface area contributed by atoms with Gasteiger partial charge < -0.3 is 10.5 Å². The first-order chi connectivity index (χ1) is 8.10. The summed E-state index contributed by atoms with van der Waals surface area (Å²) in [5.41, 5.74) is 8.97. The third-order valence-corrected chi connectivity index (χ3v) is 4.12. The molecule has 0 unspecified atom stereocenters. The third kappa shape index (κ3) is 2.79. The van der Waals surface area contributed by atoms with Gasteiger partial charge in [-0.3, -0.25) is 0 Å². The lowest BCUT2D eigenvalue weighted by Crippen LogP contribution is -1.96. The van der Waals surface area contributed by atoms with Gasteiger partial charge in [0.2, 0.25) is 0 Å². The molecule has 0 amide bonds. The third-order valence-electron chi connectivity index (χ3n) is 2.46. The molecule has 0 aliphatic carbocycles. The van der Waals surface area contributed by atoms with Crippen molar-refractivity contribution in [2.45, 2.75) is 13.3 Å². The van der Waals surface area contributed by atoms with Crippen LogP contribution in [-0.4, -0.2) is 12.1 Å². The summed E-state index contributed by atoms with van der Waals surface area (Å²) in [6, 6.07) is 6.13. The van der Waals surface area contributed by atoms with E-state index in [0.29, 0.717) is 5.13 Å². The number of hydrogen-bond donors (Lipinski definition) is 1. The maximum absolute atomic E-state index is 5.68. The lowest BCUT2D eigenvalue weighted by Gasteiger charge is -2.08. The number of nitrogens with two attached hydrogens (primary N) is 1. The van der Waals surface area contributed by atoms with E-state index in [-0.39, 0.29) is 0 Å². The van der Waals surface area contributed by atoms with Crippen molar-refractivity contribution in [2.24, 2.45) is 0 Å². The molecule has 0 fully saturated rings. The Balaban J connectivity index is 2.35. The van der Waals surface area contributed by atoms with E-state index in [1.807, 2.05) is 12.1 Å². The van der Waals surface area contributed by atoms with Gasteiger partial charge in [0.15, 0.2) is 5.13 Å². The quantitative estimate of drug-likeness (QED) is 0.945. The van der Waals surface area contributed by atoms with E-state index < -0.39 is 0 Å². The molecular formula is C12H13BrN2OS. The van der Waals surface area contributed by atoms with E-state index in [1.54, 1.807) is 7.11 Å². The van der Waals surface area contributed by atoms with Crippen molar-refractivity contribution >= 4 is 32.4 Å². The molecule has 0 atom stereocenters. The van der Waals surface area contributed by atoms with Crippen LogP contribution in [0.1, 0.15) is 16.8 Å². The van der Waals surface area contributed by atoms with Crippen LogP contribution in [0, 0.1) is 6.92 Å². The number of aromatic nitrogens is 1. The van der Waals surface area contributed by atoms with Crippen LogP contribution in [0.2, 0.25) is 0 Å². The van der Waals surface area contributed by atoms with Gasteiger partial charge in [-0.15, -0.1) is 0 Å². The molecule has 0 saturated heterocycles. The molecule has 1 aromatic carbocycles. The van der Waals surface area contributed by atoms with Crippen LogP contribution in [0.15, 0.2) is 22.0 Å². The first-order valence-electron chi connectivity index (χ1n) is 5.14. The van der Waals surface area contributed by atoms with Gasteiger partial charge in [-0.05, 0) is 28.9 Å². The number of nitrogen functional groups attached to an aromatic ring is 1. The van der Waals surface area contributed by atoms with Crippen molar-refractivity contribution in [1.29, 1.82) is 0 Å². The zero-order valence-corrected chi connectivity index (χ0v) is 12.1. The Morgan fingerprint density at radius 1 is 1.47 bits per heavy atom. The predicted molar refractivity (Wildman–Crippen MR) is 74.8 cm³/mol. The Kier molecular flexibility index (Phi) is 3.69. The summed E-state index contributed by atoms with van der Waals surface area (Å²) >= 11 is 4.92. The van der Waals surface area contributed by atoms with Gasteiger partial charge in [0, 0.05) is 12.0 Å². The summed E-state index contributed by atoms with van der Waals surface area (Å²) in [6.07, 6.45) is 0.721. The van der Waals surface area contributed by atoms with Gasteiger partial charge in [0.25, 0.3) is 0 Å². The van der Waals surface area contributed by atoms with Gasteiger partial charge >= 0.3 is 0 Å². The highest BCUT2D eigenvalue weighted by Crippen LogP contribution is 2.30. The highest BCUT2D eigenvalue weighted by molar-refractivity contribution is 9.11. The summed E-state index contributed by atoms with van der Waals surface area (Å²) in [4.78, 5) is 4.30. The first-order valence-corrected chi connectivity index (χ1v) is 6.75. The molecule has 0 spiro atoms. The summed E-state index contributed by atoms with van der Waals surface area (Å²) in [5.74, 6) is 0.883. The second kappa shape index (κ2) is 5.06. The molecule has 1 aromatic heterocycles. The largest absolute Gasteiger partial charge is 0.496 e. The molecule has 2 rings (SSSR count). The average Bonchev–Trinajstić information content (AvgIpc) is 2.58. The van der Waals surface area contributed by atoms with Crippen molar-refractivity contribution in [3.8, 4) is 5.75 Å². The molecular weight excluding hydrogens is 300 g/mol. The van der Waals surface area contributed by atoms with E-state index in [0.717, 1.165) is 27.2 Å². The second-order valence-electron chi connectivity index (χ2n) is 3.76. The van der Waals surface area contributed by atoms with E-state index in [4.69, 9.17) is 10.5 Å². The molecule has 5 heteroatoms. The average molecular weight is 313 g/mol. The van der Waals surface area contributed by atoms with E-state index in [2.05, 4.69) is 33.9 Å². The van der Waals surface area contributed by atoms with Crippen LogP contribution >= 0.6 is 27.3 Å². The molecule has 0 aliphatic heterocycles. The van der Waals surface area contributed by atoms with Gasteiger partial charge in [0.05, 0.1) is 16.6 Å². The maximum atomic E-state index is 5.68. The molecule has 0 saturated carbocycles. The Hall–Kier alpha value is -1.07. The Morgan fingerprint density at radius 2 is 2.24 bits per heavy atom. The van der Waals surface area contributed by atoms with Crippen LogP contribution in [0.5, 0.6) is 5.75 Å². The number of thiazole rings is 1. The van der Waals surface area contributed by atoms with Gasteiger partial charge in [-0.1, -0.05) is 29.0 Å². The minimum absolute atomic E-state index is 0.582. The normalized spacial score (nSPS) is 10.5. The molecule has 1 heterocycles. The number of rotatable bonds is 3. The Labute approximate surface area is 113 Å². The lowest BCUT2D eigenvalue weighted by molar-refractivity contribution is 0.410. The topological polar surface area (TPSA) is 48.1 Å². The summed E-state index contributed by atoms with van der Waals surface area (Å²) in [6.45, 7) is 2.06. The fraction of sp³-hybridized carbons (Fsp3) is 0.250.